The summed E-state index contributed by atoms with van der Waals surface area (Å²) in [5.41, 5.74) is 1.12. The highest BCUT2D eigenvalue weighted by molar-refractivity contribution is 5.62. The van der Waals surface area contributed by atoms with Crippen LogP contribution in [-0.2, 0) is 0 Å². The van der Waals surface area contributed by atoms with Gasteiger partial charge >= 0.3 is 0 Å². The molecule has 0 bridgehead atoms. The average Bonchev–Trinajstić information content (AvgIpc) is 2.62. The number of benzene rings is 1. The Morgan fingerprint density at radius 1 is 1.28 bits per heavy atom. The van der Waals surface area contributed by atoms with Gasteiger partial charge in [0, 0.05) is 25.2 Å². The summed E-state index contributed by atoms with van der Waals surface area (Å²) in [6.07, 6.45) is 1.14. The van der Waals surface area contributed by atoms with Crippen molar-refractivity contribution in [3.8, 4) is 11.5 Å². The van der Waals surface area contributed by atoms with Gasteiger partial charge in [0.15, 0.2) is 0 Å². The van der Waals surface area contributed by atoms with Gasteiger partial charge in [0.2, 0.25) is 0 Å². The average molecular weight is 250 g/mol. The van der Waals surface area contributed by atoms with E-state index in [2.05, 4.69) is 23.2 Å². The minimum Gasteiger partial charge on any atom is -0.497 e. The first kappa shape index (κ1) is 13.0. The van der Waals surface area contributed by atoms with Crippen LogP contribution in [0.5, 0.6) is 11.5 Å². The molecule has 0 saturated carbocycles. The smallest absolute Gasteiger partial charge is 0.142 e. The van der Waals surface area contributed by atoms with Gasteiger partial charge in [0.1, 0.15) is 11.5 Å². The number of ether oxygens (including phenoxy) is 2. The van der Waals surface area contributed by atoms with E-state index in [4.69, 9.17) is 9.47 Å². The van der Waals surface area contributed by atoms with E-state index >= 15 is 0 Å². The first-order valence-electron chi connectivity index (χ1n) is 6.45. The van der Waals surface area contributed by atoms with Gasteiger partial charge in [-0.05, 0) is 32.0 Å². The SMILES string of the molecule is COc1ccc(OC)c(N2CCCNCC2C)c1. The van der Waals surface area contributed by atoms with Crippen LogP contribution >= 0.6 is 0 Å². The monoisotopic (exact) mass is 250 g/mol. The third-order valence-corrected chi connectivity index (χ3v) is 3.42. The summed E-state index contributed by atoms with van der Waals surface area (Å²) in [5.74, 6) is 1.78. The number of anilines is 1. The van der Waals surface area contributed by atoms with E-state index in [1.54, 1.807) is 14.2 Å². The second-order valence-electron chi connectivity index (χ2n) is 4.64. The van der Waals surface area contributed by atoms with Crippen LogP contribution in [0.2, 0.25) is 0 Å². The molecule has 1 aliphatic heterocycles. The second kappa shape index (κ2) is 5.96. The largest absolute Gasteiger partial charge is 0.497 e. The Bertz CT molecular complexity index is 395. The van der Waals surface area contributed by atoms with Crippen LogP contribution in [0.15, 0.2) is 18.2 Å². The molecule has 1 aromatic rings. The van der Waals surface area contributed by atoms with E-state index in [9.17, 15) is 0 Å². The summed E-state index contributed by atoms with van der Waals surface area (Å²) < 4.78 is 10.8. The Balaban J connectivity index is 2.33. The maximum absolute atomic E-state index is 5.47. The van der Waals surface area contributed by atoms with Crippen LogP contribution in [0.3, 0.4) is 0 Å². The summed E-state index contributed by atoms with van der Waals surface area (Å²) in [5, 5.41) is 3.45. The van der Waals surface area contributed by atoms with E-state index < -0.39 is 0 Å². The van der Waals surface area contributed by atoms with Crippen molar-refractivity contribution in [2.75, 3.05) is 38.8 Å². The quantitative estimate of drug-likeness (QED) is 0.888. The predicted octanol–water partition coefficient (Wildman–Crippen LogP) is 1.89. The molecule has 4 heteroatoms. The molecule has 1 unspecified atom stereocenters. The second-order valence-corrected chi connectivity index (χ2v) is 4.64. The lowest BCUT2D eigenvalue weighted by atomic mass is 10.2. The van der Waals surface area contributed by atoms with Gasteiger partial charge in [-0.25, -0.2) is 0 Å². The number of hydrogen-bond donors (Lipinski definition) is 1. The molecule has 2 rings (SSSR count). The zero-order valence-corrected chi connectivity index (χ0v) is 11.4. The van der Waals surface area contributed by atoms with E-state index in [1.807, 2.05) is 12.1 Å². The molecule has 0 spiro atoms. The van der Waals surface area contributed by atoms with Gasteiger partial charge in [-0.2, -0.15) is 0 Å². The number of nitrogens with zero attached hydrogens (tertiary/aromatic N) is 1. The van der Waals surface area contributed by atoms with Crippen molar-refractivity contribution in [3.05, 3.63) is 18.2 Å². The Hall–Kier alpha value is -1.42. The predicted molar refractivity (Wildman–Crippen MR) is 73.8 cm³/mol. The van der Waals surface area contributed by atoms with Crippen molar-refractivity contribution in [3.63, 3.8) is 0 Å². The summed E-state index contributed by atoms with van der Waals surface area (Å²) in [4.78, 5) is 2.39. The molecule has 1 saturated heterocycles. The minimum atomic E-state index is 0.452. The van der Waals surface area contributed by atoms with E-state index in [0.717, 1.165) is 43.2 Å². The van der Waals surface area contributed by atoms with E-state index in [1.165, 1.54) is 0 Å². The van der Waals surface area contributed by atoms with Crippen LogP contribution in [0.25, 0.3) is 0 Å². The van der Waals surface area contributed by atoms with E-state index in [-0.39, 0.29) is 0 Å². The van der Waals surface area contributed by atoms with Gasteiger partial charge in [-0.3, -0.25) is 0 Å². The molecule has 4 nitrogen and oxygen atoms in total. The van der Waals surface area contributed by atoms with Crippen LogP contribution < -0.4 is 19.7 Å². The van der Waals surface area contributed by atoms with Crippen molar-refractivity contribution in [2.24, 2.45) is 0 Å². The number of methoxy groups -OCH3 is 2. The third-order valence-electron chi connectivity index (χ3n) is 3.42. The molecule has 100 valence electrons. The van der Waals surface area contributed by atoms with Crippen molar-refractivity contribution in [2.45, 2.75) is 19.4 Å². The summed E-state index contributed by atoms with van der Waals surface area (Å²) in [7, 11) is 3.41. The molecule has 0 aromatic heterocycles. The lowest BCUT2D eigenvalue weighted by molar-refractivity contribution is 0.402. The Labute approximate surface area is 109 Å². The van der Waals surface area contributed by atoms with Crippen molar-refractivity contribution >= 4 is 5.69 Å². The highest BCUT2D eigenvalue weighted by Crippen LogP contribution is 2.33. The van der Waals surface area contributed by atoms with Gasteiger partial charge in [0.05, 0.1) is 19.9 Å². The minimum absolute atomic E-state index is 0.452. The van der Waals surface area contributed by atoms with Crippen molar-refractivity contribution in [1.82, 2.24) is 5.32 Å². The van der Waals surface area contributed by atoms with Crippen molar-refractivity contribution in [1.29, 1.82) is 0 Å². The molecular formula is C14H22N2O2. The maximum atomic E-state index is 5.47. The Morgan fingerprint density at radius 3 is 2.83 bits per heavy atom. The highest BCUT2D eigenvalue weighted by atomic mass is 16.5. The molecule has 1 heterocycles. The normalized spacial score (nSPS) is 20.4. The van der Waals surface area contributed by atoms with Crippen molar-refractivity contribution < 1.29 is 9.47 Å². The third kappa shape index (κ3) is 2.70. The van der Waals surface area contributed by atoms with Gasteiger partial charge in [-0.1, -0.05) is 0 Å². The van der Waals surface area contributed by atoms with Crippen LogP contribution in [0.4, 0.5) is 5.69 Å². The summed E-state index contributed by atoms with van der Waals surface area (Å²) >= 11 is 0. The molecule has 1 aromatic carbocycles. The Morgan fingerprint density at radius 2 is 2.11 bits per heavy atom. The first-order valence-corrected chi connectivity index (χ1v) is 6.45. The zero-order chi connectivity index (χ0) is 13.0. The molecule has 0 radical (unpaired) electrons. The van der Waals surface area contributed by atoms with E-state index in [0.29, 0.717) is 6.04 Å². The molecule has 1 fully saturated rings. The number of rotatable bonds is 3. The fourth-order valence-electron chi connectivity index (χ4n) is 2.40. The fraction of sp³-hybridized carbons (Fsp3) is 0.571. The number of nitrogens with one attached hydrogen (secondary N) is 1. The van der Waals surface area contributed by atoms with Gasteiger partial charge < -0.3 is 19.7 Å². The van der Waals surface area contributed by atoms with Gasteiger partial charge in [-0.15, -0.1) is 0 Å². The molecule has 1 atom stereocenters. The van der Waals surface area contributed by atoms with Crippen LogP contribution in [0.1, 0.15) is 13.3 Å². The number of hydrogen-bond acceptors (Lipinski definition) is 4. The maximum Gasteiger partial charge on any atom is 0.142 e. The molecule has 1 N–H and O–H groups in total. The molecule has 1 aliphatic rings. The lowest BCUT2D eigenvalue weighted by Crippen LogP contribution is -2.37. The van der Waals surface area contributed by atoms with Crippen LogP contribution in [-0.4, -0.2) is 39.9 Å². The zero-order valence-electron chi connectivity index (χ0n) is 11.4. The summed E-state index contributed by atoms with van der Waals surface area (Å²) in [6.45, 7) is 5.35. The summed E-state index contributed by atoms with van der Waals surface area (Å²) in [6, 6.07) is 6.41. The molecule has 0 aliphatic carbocycles. The lowest BCUT2D eigenvalue weighted by Gasteiger charge is -2.30. The first-order chi connectivity index (χ1) is 8.76. The topological polar surface area (TPSA) is 33.7 Å². The van der Waals surface area contributed by atoms with Crippen LogP contribution in [0, 0.1) is 0 Å². The molecule has 18 heavy (non-hydrogen) atoms. The van der Waals surface area contributed by atoms with Gasteiger partial charge in [0.25, 0.3) is 0 Å². The highest BCUT2D eigenvalue weighted by Gasteiger charge is 2.20. The molecular weight excluding hydrogens is 228 g/mol. The Kier molecular flexibility index (Phi) is 4.31. The fourth-order valence-corrected chi connectivity index (χ4v) is 2.40. The molecule has 0 amide bonds. The standard InChI is InChI=1S/C14H22N2O2/c1-11-10-15-7-4-8-16(11)13-9-12(17-2)5-6-14(13)18-3/h5-6,9,11,15H,4,7-8,10H2,1-3H3.